The summed E-state index contributed by atoms with van der Waals surface area (Å²) in [5.74, 6) is -2.76. The molecule has 18 heavy (non-hydrogen) atoms. The number of pyridine rings is 1. The van der Waals surface area contributed by atoms with Gasteiger partial charge in [0.05, 0.1) is 11.3 Å². The standard InChI is InChI=1S/C8H6F6N2O2/c9-7(10,11)3-1-5(17)6(16-4(3)2-15)18-8(12,13)14/h1,17H,2,15H2. The van der Waals surface area contributed by atoms with Gasteiger partial charge in [-0.15, -0.1) is 13.2 Å². The zero-order valence-corrected chi connectivity index (χ0v) is 8.43. The Labute approximate surface area is 96.0 Å². The summed E-state index contributed by atoms with van der Waals surface area (Å²) in [6, 6.07) is 0.0796. The second-order valence-electron chi connectivity index (χ2n) is 3.06. The van der Waals surface area contributed by atoms with Crippen LogP contribution in [0.15, 0.2) is 6.07 Å². The summed E-state index contributed by atoms with van der Waals surface area (Å²) in [4.78, 5) is 2.91. The van der Waals surface area contributed by atoms with Crippen molar-refractivity contribution in [2.45, 2.75) is 19.1 Å². The number of ether oxygens (including phenoxy) is 1. The molecule has 4 nitrogen and oxygen atoms in total. The summed E-state index contributed by atoms with van der Waals surface area (Å²) in [6.45, 7) is -0.761. The fourth-order valence-electron chi connectivity index (χ4n) is 1.11. The van der Waals surface area contributed by atoms with E-state index in [-0.39, 0.29) is 6.07 Å². The fraction of sp³-hybridized carbons (Fsp3) is 0.375. The molecule has 102 valence electrons. The number of halogens is 6. The van der Waals surface area contributed by atoms with E-state index >= 15 is 0 Å². The number of alkyl halides is 6. The Morgan fingerprint density at radius 1 is 1.22 bits per heavy atom. The van der Waals surface area contributed by atoms with Crippen LogP contribution < -0.4 is 10.5 Å². The molecule has 1 aromatic heterocycles. The molecule has 10 heteroatoms. The highest BCUT2D eigenvalue weighted by atomic mass is 19.4. The van der Waals surface area contributed by atoms with E-state index in [1.165, 1.54) is 0 Å². The van der Waals surface area contributed by atoms with Gasteiger partial charge >= 0.3 is 12.5 Å². The van der Waals surface area contributed by atoms with Crippen LogP contribution in [0.3, 0.4) is 0 Å². The average molecular weight is 276 g/mol. The lowest BCUT2D eigenvalue weighted by Gasteiger charge is -2.14. The molecular formula is C8H6F6N2O2. The zero-order chi connectivity index (χ0) is 14.1. The maximum atomic E-state index is 12.4. The Morgan fingerprint density at radius 2 is 1.78 bits per heavy atom. The first-order chi connectivity index (χ1) is 8.04. The molecule has 0 saturated carbocycles. The Bertz CT molecular complexity index is 442. The quantitative estimate of drug-likeness (QED) is 0.812. The van der Waals surface area contributed by atoms with Crippen molar-refractivity contribution in [1.82, 2.24) is 4.98 Å². The summed E-state index contributed by atoms with van der Waals surface area (Å²) in [7, 11) is 0. The predicted molar refractivity (Wildman–Crippen MR) is 45.5 cm³/mol. The summed E-state index contributed by atoms with van der Waals surface area (Å²) < 4.78 is 76.1. The number of aromatic nitrogens is 1. The maximum absolute atomic E-state index is 12.4. The van der Waals surface area contributed by atoms with Crippen LogP contribution in [0.5, 0.6) is 11.6 Å². The van der Waals surface area contributed by atoms with E-state index < -0.39 is 42.0 Å². The lowest BCUT2D eigenvalue weighted by molar-refractivity contribution is -0.276. The number of aromatic hydroxyl groups is 1. The van der Waals surface area contributed by atoms with Crippen LogP contribution in [0.2, 0.25) is 0 Å². The minimum atomic E-state index is -5.18. The van der Waals surface area contributed by atoms with Crippen molar-refractivity contribution in [3.8, 4) is 11.6 Å². The summed E-state index contributed by atoms with van der Waals surface area (Å²) in [6.07, 6.45) is -10.1. The van der Waals surface area contributed by atoms with Crippen molar-refractivity contribution >= 4 is 0 Å². The van der Waals surface area contributed by atoms with Gasteiger partial charge in [0.15, 0.2) is 5.75 Å². The third kappa shape index (κ3) is 3.39. The van der Waals surface area contributed by atoms with Gasteiger partial charge in [-0.1, -0.05) is 0 Å². The molecule has 0 amide bonds. The predicted octanol–water partition coefficient (Wildman–Crippen LogP) is 2.16. The number of nitrogens with two attached hydrogens (primary N) is 1. The molecule has 0 fully saturated rings. The van der Waals surface area contributed by atoms with Crippen LogP contribution in [0.1, 0.15) is 11.3 Å². The van der Waals surface area contributed by atoms with Crippen molar-refractivity contribution in [2.24, 2.45) is 5.73 Å². The Morgan fingerprint density at radius 3 is 2.17 bits per heavy atom. The van der Waals surface area contributed by atoms with Crippen molar-refractivity contribution in [3.63, 3.8) is 0 Å². The minimum Gasteiger partial charge on any atom is -0.503 e. The van der Waals surface area contributed by atoms with Crippen molar-refractivity contribution in [2.75, 3.05) is 0 Å². The van der Waals surface area contributed by atoms with Gasteiger partial charge in [-0.05, 0) is 6.07 Å². The highest BCUT2D eigenvalue weighted by Crippen LogP contribution is 2.37. The van der Waals surface area contributed by atoms with Gasteiger partial charge in [0, 0.05) is 6.54 Å². The van der Waals surface area contributed by atoms with E-state index in [4.69, 9.17) is 10.8 Å². The van der Waals surface area contributed by atoms with Gasteiger partial charge in [0.1, 0.15) is 0 Å². The first-order valence-electron chi connectivity index (χ1n) is 4.30. The summed E-state index contributed by atoms with van der Waals surface area (Å²) in [5, 5.41) is 9.01. The summed E-state index contributed by atoms with van der Waals surface area (Å²) in [5.41, 5.74) is 2.67. The largest absolute Gasteiger partial charge is 0.574 e. The van der Waals surface area contributed by atoms with Crippen molar-refractivity contribution in [1.29, 1.82) is 0 Å². The molecule has 0 saturated heterocycles. The molecule has 1 rings (SSSR count). The van der Waals surface area contributed by atoms with E-state index in [9.17, 15) is 26.3 Å². The highest BCUT2D eigenvalue weighted by molar-refractivity contribution is 5.40. The number of nitrogens with zero attached hydrogens (tertiary/aromatic N) is 1. The Hall–Kier alpha value is -1.71. The minimum absolute atomic E-state index is 0.0796. The van der Waals surface area contributed by atoms with Gasteiger partial charge in [-0.25, -0.2) is 4.98 Å². The van der Waals surface area contributed by atoms with Crippen LogP contribution in [0, 0.1) is 0 Å². The third-order valence-electron chi connectivity index (χ3n) is 1.76. The number of hydrogen-bond donors (Lipinski definition) is 2. The van der Waals surface area contributed by atoms with Crippen molar-refractivity contribution < 1.29 is 36.2 Å². The SMILES string of the molecule is NCc1nc(OC(F)(F)F)c(O)cc1C(F)(F)F. The third-order valence-corrected chi connectivity index (χ3v) is 1.76. The van der Waals surface area contributed by atoms with Crippen LogP contribution in [-0.4, -0.2) is 16.5 Å². The second-order valence-corrected chi connectivity index (χ2v) is 3.06. The van der Waals surface area contributed by atoms with E-state index in [1.807, 2.05) is 0 Å². The number of rotatable bonds is 2. The fourth-order valence-corrected chi connectivity index (χ4v) is 1.11. The second kappa shape index (κ2) is 4.52. The average Bonchev–Trinajstić information content (AvgIpc) is 2.17. The molecule has 0 unspecified atom stereocenters. The molecular weight excluding hydrogens is 270 g/mol. The van der Waals surface area contributed by atoms with E-state index in [2.05, 4.69) is 9.72 Å². The highest BCUT2D eigenvalue weighted by Gasteiger charge is 2.38. The maximum Gasteiger partial charge on any atom is 0.574 e. The molecule has 0 aliphatic rings. The van der Waals surface area contributed by atoms with Gasteiger partial charge in [0.2, 0.25) is 0 Å². The van der Waals surface area contributed by atoms with Crippen LogP contribution in [0.4, 0.5) is 26.3 Å². The van der Waals surface area contributed by atoms with Gasteiger partial charge in [0.25, 0.3) is 5.88 Å². The lowest BCUT2D eigenvalue weighted by atomic mass is 10.1. The zero-order valence-electron chi connectivity index (χ0n) is 8.43. The Kier molecular flexibility index (Phi) is 3.60. The van der Waals surface area contributed by atoms with Crippen LogP contribution >= 0.6 is 0 Å². The van der Waals surface area contributed by atoms with E-state index in [1.54, 1.807) is 0 Å². The molecule has 1 heterocycles. The van der Waals surface area contributed by atoms with E-state index in [0.717, 1.165) is 0 Å². The van der Waals surface area contributed by atoms with Gasteiger partial charge in [-0.3, -0.25) is 0 Å². The topological polar surface area (TPSA) is 68.4 Å². The molecule has 0 radical (unpaired) electrons. The van der Waals surface area contributed by atoms with Gasteiger partial charge < -0.3 is 15.6 Å². The molecule has 3 N–H and O–H groups in total. The first kappa shape index (κ1) is 14.4. The molecule has 0 aromatic carbocycles. The first-order valence-corrected chi connectivity index (χ1v) is 4.30. The van der Waals surface area contributed by atoms with Gasteiger partial charge in [-0.2, -0.15) is 13.2 Å². The normalized spacial score (nSPS) is 12.6. The smallest absolute Gasteiger partial charge is 0.503 e. The van der Waals surface area contributed by atoms with Crippen molar-refractivity contribution in [3.05, 3.63) is 17.3 Å². The Balaban J connectivity index is 3.27. The number of hydrogen-bond acceptors (Lipinski definition) is 4. The molecule has 0 aliphatic carbocycles. The van der Waals surface area contributed by atoms with Crippen LogP contribution in [0.25, 0.3) is 0 Å². The van der Waals surface area contributed by atoms with E-state index in [0.29, 0.717) is 0 Å². The monoisotopic (exact) mass is 276 g/mol. The summed E-state index contributed by atoms with van der Waals surface area (Å²) >= 11 is 0. The molecule has 0 bridgehead atoms. The molecule has 0 aliphatic heterocycles. The molecule has 0 spiro atoms. The molecule has 1 aromatic rings. The van der Waals surface area contributed by atoms with Crippen LogP contribution in [-0.2, 0) is 12.7 Å². The lowest BCUT2D eigenvalue weighted by Crippen LogP contribution is -2.20. The molecule has 0 atom stereocenters.